The third kappa shape index (κ3) is 3.90. The van der Waals surface area contributed by atoms with Gasteiger partial charge in [-0.25, -0.2) is 9.37 Å². The van der Waals surface area contributed by atoms with Gasteiger partial charge in [0.2, 0.25) is 0 Å². The molecule has 0 unspecified atom stereocenters. The summed E-state index contributed by atoms with van der Waals surface area (Å²) >= 11 is 0. The lowest BCUT2D eigenvalue weighted by atomic mass is 10.1. The predicted octanol–water partition coefficient (Wildman–Crippen LogP) is 4.80. The number of ether oxygens (including phenoxy) is 2. The van der Waals surface area contributed by atoms with E-state index >= 15 is 0 Å². The molecule has 0 radical (unpaired) electrons. The highest BCUT2D eigenvalue weighted by Gasteiger charge is 2.17. The van der Waals surface area contributed by atoms with Crippen LogP contribution in [0.3, 0.4) is 0 Å². The Kier molecular flexibility index (Phi) is 5.76. The van der Waals surface area contributed by atoms with Crippen LogP contribution in [0.1, 0.15) is 11.1 Å². The topological polar surface area (TPSA) is 58.3 Å². The van der Waals surface area contributed by atoms with Gasteiger partial charge in [0.15, 0.2) is 11.5 Å². The van der Waals surface area contributed by atoms with Gasteiger partial charge in [-0.15, -0.1) is 0 Å². The van der Waals surface area contributed by atoms with E-state index < -0.39 is 0 Å². The molecule has 0 fully saturated rings. The summed E-state index contributed by atoms with van der Waals surface area (Å²) in [5.74, 6) is 1.01. The van der Waals surface area contributed by atoms with Gasteiger partial charge in [-0.05, 0) is 47.9 Å². The number of halogens is 1. The second kappa shape index (κ2) is 9.02. The average molecular weight is 458 g/mol. The Bertz CT molecular complexity index is 1550. The zero-order chi connectivity index (χ0) is 23.7. The van der Waals surface area contributed by atoms with Crippen LogP contribution in [0, 0.1) is 5.82 Å². The molecule has 0 aliphatic rings. The lowest BCUT2D eigenvalue weighted by Gasteiger charge is -2.11. The minimum absolute atomic E-state index is 0.127. The summed E-state index contributed by atoms with van der Waals surface area (Å²) in [4.78, 5) is 18.3. The molecular formula is C27H24FN3O3. The molecule has 6 nitrogen and oxygen atoms in total. The highest BCUT2D eigenvalue weighted by atomic mass is 19.1. The van der Waals surface area contributed by atoms with Gasteiger partial charge in [-0.3, -0.25) is 9.36 Å². The minimum atomic E-state index is -0.302. The fourth-order valence-electron chi connectivity index (χ4n) is 4.38. The first-order valence-corrected chi connectivity index (χ1v) is 11.0. The maximum Gasteiger partial charge on any atom is 0.277 e. The standard InChI is InChI=1S/C27H24FN3O3/c1-33-23-11-10-18(15-24(23)34-2)12-13-30-17-29-25-21-8-3-4-9-22(21)31(26(25)27(30)32)16-19-6-5-7-20(28)14-19/h3-11,14-15,17H,12-13,16H2,1-2H3. The van der Waals surface area contributed by atoms with E-state index in [2.05, 4.69) is 4.98 Å². The van der Waals surface area contributed by atoms with Crippen LogP contribution in [0.15, 0.2) is 77.9 Å². The van der Waals surface area contributed by atoms with Gasteiger partial charge in [0, 0.05) is 18.5 Å². The summed E-state index contributed by atoms with van der Waals surface area (Å²) in [6.07, 6.45) is 2.22. The van der Waals surface area contributed by atoms with Gasteiger partial charge in [0.05, 0.1) is 26.1 Å². The van der Waals surface area contributed by atoms with Crippen LogP contribution < -0.4 is 15.0 Å². The molecule has 0 bridgehead atoms. The molecule has 0 atom stereocenters. The maximum atomic E-state index is 13.8. The minimum Gasteiger partial charge on any atom is -0.493 e. The molecule has 0 aliphatic heterocycles. The first-order valence-electron chi connectivity index (χ1n) is 11.0. The normalized spacial score (nSPS) is 11.3. The fourth-order valence-corrected chi connectivity index (χ4v) is 4.38. The van der Waals surface area contributed by atoms with E-state index in [1.54, 1.807) is 31.2 Å². The molecule has 0 spiro atoms. The molecule has 5 aromatic rings. The summed E-state index contributed by atoms with van der Waals surface area (Å²) in [6, 6.07) is 19.9. The number of hydrogen-bond acceptors (Lipinski definition) is 4. The van der Waals surface area contributed by atoms with Crippen LogP contribution in [-0.4, -0.2) is 28.3 Å². The van der Waals surface area contributed by atoms with E-state index in [4.69, 9.17) is 9.47 Å². The first kappa shape index (κ1) is 21.7. The van der Waals surface area contributed by atoms with Gasteiger partial charge < -0.3 is 14.0 Å². The van der Waals surface area contributed by atoms with Crippen LogP contribution in [0.4, 0.5) is 4.39 Å². The summed E-state index contributed by atoms with van der Waals surface area (Å²) in [6.45, 7) is 0.830. The number of fused-ring (bicyclic) bond motifs is 3. The molecule has 0 saturated heterocycles. The van der Waals surface area contributed by atoms with Crippen molar-refractivity contribution in [3.8, 4) is 11.5 Å². The molecule has 5 rings (SSSR count). The van der Waals surface area contributed by atoms with Crippen molar-refractivity contribution >= 4 is 21.9 Å². The Balaban J connectivity index is 1.55. The molecule has 172 valence electrons. The Hall–Kier alpha value is -4.13. The Morgan fingerprint density at radius 1 is 0.912 bits per heavy atom. The van der Waals surface area contributed by atoms with Crippen molar-refractivity contribution in [3.63, 3.8) is 0 Å². The van der Waals surface area contributed by atoms with Gasteiger partial charge >= 0.3 is 0 Å². The maximum absolute atomic E-state index is 13.8. The van der Waals surface area contributed by atoms with E-state index in [1.165, 1.54) is 12.1 Å². The SMILES string of the molecule is COc1ccc(CCn2cnc3c4ccccc4n(Cc4cccc(F)c4)c3c2=O)cc1OC. The molecule has 2 heterocycles. The van der Waals surface area contributed by atoms with Crippen molar-refractivity contribution in [2.24, 2.45) is 0 Å². The van der Waals surface area contributed by atoms with Crippen molar-refractivity contribution in [2.45, 2.75) is 19.5 Å². The van der Waals surface area contributed by atoms with E-state index in [-0.39, 0.29) is 11.4 Å². The number of methoxy groups -OCH3 is 2. The quantitative estimate of drug-likeness (QED) is 0.352. The molecule has 0 N–H and O–H groups in total. The lowest BCUT2D eigenvalue weighted by molar-refractivity contribution is 0.354. The van der Waals surface area contributed by atoms with Crippen LogP contribution in [-0.2, 0) is 19.5 Å². The first-order chi connectivity index (χ1) is 16.6. The van der Waals surface area contributed by atoms with Gasteiger partial charge in [-0.1, -0.05) is 36.4 Å². The van der Waals surface area contributed by atoms with Gasteiger partial charge in [-0.2, -0.15) is 0 Å². The Morgan fingerprint density at radius 2 is 1.74 bits per heavy atom. The third-order valence-corrected chi connectivity index (χ3v) is 6.05. The van der Waals surface area contributed by atoms with E-state index in [0.717, 1.165) is 22.0 Å². The number of rotatable bonds is 7. The Morgan fingerprint density at radius 3 is 2.53 bits per heavy atom. The Labute approximate surface area is 195 Å². The number of aryl methyl sites for hydroxylation is 2. The van der Waals surface area contributed by atoms with Crippen LogP contribution in [0.2, 0.25) is 0 Å². The highest BCUT2D eigenvalue weighted by molar-refractivity contribution is 6.05. The van der Waals surface area contributed by atoms with Crippen molar-refractivity contribution in [1.29, 1.82) is 0 Å². The molecule has 34 heavy (non-hydrogen) atoms. The number of nitrogens with zero attached hydrogens (tertiary/aromatic N) is 3. The molecule has 2 aromatic heterocycles. The molecule has 0 saturated carbocycles. The predicted molar refractivity (Wildman–Crippen MR) is 130 cm³/mol. The monoisotopic (exact) mass is 457 g/mol. The van der Waals surface area contributed by atoms with Gasteiger partial charge in [0.1, 0.15) is 16.9 Å². The van der Waals surface area contributed by atoms with Crippen molar-refractivity contribution in [2.75, 3.05) is 14.2 Å². The second-order valence-electron chi connectivity index (χ2n) is 8.11. The smallest absolute Gasteiger partial charge is 0.277 e. The summed E-state index contributed by atoms with van der Waals surface area (Å²) in [5, 5.41) is 0.901. The molecule has 7 heteroatoms. The van der Waals surface area contributed by atoms with Crippen molar-refractivity contribution in [1.82, 2.24) is 14.1 Å². The fraction of sp³-hybridized carbons (Fsp3) is 0.185. The molecule has 3 aromatic carbocycles. The van der Waals surface area contributed by atoms with E-state index in [9.17, 15) is 9.18 Å². The van der Waals surface area contributed by atoms with Crippen LogP contribution >= 0.6 is 0 Å². The number of benzene rings is 3. The van der Waals surface area contributed by atoms with Crippen molar-refractivity contribution < 1.29 is 13.9 Å². The lowest BCUT2D eigenvalue weighted by Crippen LogP contribution is -2.23. The molecule has 0 amide bonds. The highest BCUT2D eigenvalue weighted by Crippen LogP contribution is 2.28. The average Bonchev–Trinajstić information content (AvgIpc) is 3.17. The summed E-state index contributed by atoms with van der Waals surface area (Å²) in [5.41, 5.74) is 3.73. The second-order valence-corrected chi connectivity index (χ2v) is 8.11. The van der Waals surface area contributed by atoms with E-state index in [1.807, 2.05) is 53.1 Å². The van der Waals surface area contributed by atoms with Crippen LogP contribution in [0.5, 0.6) is 11.5 Å². The third-order valence-electron chi connectivity index (χ3n) is 6.05. The van der Waals surface area contributed by atoms with E-state index in [0.29, 0.717) is 42.0 Å². The molecule has 0 aliphatic carbocycles. The number of para-hydroxylation sites is 1. The largest absolute Gasteiger partial charge is 0.493 e. The number of hydrogen-bond donors (Lipinski definition) is 0. The summed E-state index contributed by atoms with van der Waals surface area (Å²) < 4.78 is 28.1. The number of aromatic nitrogens is 3. The van der Waals surface area contributed by atoms with Crippen molar-refractivity contribution in [3.05, 3.63) is 100 Å². The zero-order valence-electron chi connectivity index (χ0n) is 19.0. The van der Waals surface area contributed by atoms with Crippen LogP contribution in [0.25, 0.3) is 21.9 Å². The zero-order valence-corrected chi connectivity index (χ0v) is 19.0. The summed E-state index contributed by atoms with van der Waals surface area (Å²) in [7, 11) is 3.20. The molecular weight excluding hydrogens is 433 g/mol. The van der Waals surface area contributed by atoms with Gasteiger partial charge in [0.25, 0.3) is 5.56 Å².